The number of anilines is 4. The summed E-state index contributed by atoms with van der Waals surface area (Å²) in [7, 11) is 0. The van der Waals surface area contributed by atoms with Crippen molar-refractivity contribution in [1.29, 1.82) is 0 Å². The van der Waals surface area contributed by atoms with Crippen molar-refractivity contribution in [2.75, 3.05) is 10.6 Å². The van der Waals surface area contributed by atoms with Crippen LogP contribution in [0.4, 0.5) is 22.7 Å². The van der Waals surface area contributed by atoms with Crippen LogP contribution in [0.1, 0.15) is 63.6 Å². The van der Waals surface area contributed by atoms with Crippen molar-refractivity contribution in [2.45, 2.75) is 60.8 Å². The maximum absolute atomic E-state index is 3.88. The molecule has 1 unspecified atom stereocenters. The Kier molecular flexibility index (Phi) is 16.4. The first-order valence-corrected chi connectivity index (χ1v) is 19.1. The van der Waals surface area contributed by atoms with E-state index in [9.17, 15) is 0 Å². The van der Waals surface area contributed by atoms with E-state index in [0.29, 0.717) is 0 Å². The predicted octanol–water partition coefficient (Wildman–Crippen LogP) is 15.9. The smallest absolute Gasteiger partial charge is 0.0464 e. The first-order chi connectivity index (χ1) is 26.1. The first-order valence-electron chi connectivity index (χ1n) is 19.1. The maximum Gasteiger partial charge on any atom is 0.0464 e. The van der Waals surface area contributed by atoms with Gasteiger partial charge in [-0.2, -0.15) is 0 Å². The fourth-order valence-electron chi connectivity index (χ4n) is 6.27. The Morgan fingerprint density at radius 2 is 1.06 bits per heavy atom. The Hall–Kier alpha value is -5.86. The van der Waals surface area contributed by atoms with Crippen molar-refractivity contribution >= 4 is 49.9 Å². The number of allylic oxidation sites excluding steroid dienone is 2. The van der Waals surface area contributed by atoms with Crippen molar-refractivity contribution in [3.63, 3.8) is 0 Å². The minimum atomic E-state index is 0.840. The summed E-state index contributed by atoms with van der Waals surface area (Å²) in [6.45, 7) is 20.6. The van der Waals surface area contributed by atoms with E-state index in [4.69, 9.17) is 0 Å². The number of aryl methyl sites for hydroxylation is 2. The molecule has 2 N–H and O–H groups in total. The molecular weight excluding hydrogens is 653 g/mol. The second-order valence-corrected chi connectivity index (χ2v) is 14.2. The summed E-state index contributed by atoms with van der Waals surface area (Å²) in [5, 5.41) is 12.0. The first kappa shape index (κ1) is 40.9. The van der Waals surface area contributed by atoms with Crippen molar-refractivity contribution < 1.29 is 0 Å². The standard InChI is InChI=1S/C18H17N.C16H13N.C9H10.C9H18/c1-13-7-10-15(11-8-13)19-18-12-9-14(2)16-5-3-4-6-17(16)18;1-2-9-14(10-3-1)17-16-12-6-8-13-7-4-5-11-15(13)16;1-8(2)9-6-4-3-5-7-9;1-5-6-9(4)7-8(2)3/h3-12,19H,1-2H3;1-12,17H;3-7H,1H2,2H3;9H,2,5-7H2,1,3-4H3. The van der Waals surface area contributed by atoms with E-state index in [2.05, 4.69) is 186 Å². The zero-order valence-electron chi connectivity index (χ0n) is 33.2. The molecule has 7 aromatic rings. The molecular formula is C52H58N2. The van der Waals surface area contributed by atoms with E-state index in [1.54, 1.807) is 0 Å². The van der Waals surface area contributed by atoms with Crippen LogP contribution in [-0.2, 0) is 0 Å². The Labute approximate surface area is 325 Å². The number of rotatable bonds is 9. The van der Waals surface area contributed by atoms with Gasteiger partial charge in [-0.3, -0.25) is 0 Å². The zero-order chi connectivity index (χ0) is 38.7. The SMILES string of the molecule is C=C(C)CC(C)CCC.C=C(C)c1ccccc1.Cc1ccc(Nc2ccc(C)c3ccccc23)cc1.c1ccc(Nc2cccc3ccccc23)cc1. The molecule has 0 heterocycles. The molecule has 0 aromatic heterocycles. The zero-order valence-corrected chi connectivity index (χ0v) is 33.2. The molecule has 0 bridgehead atoms. The average Bonchev–Trinajstić information content (AvgIpc) is 3.18. The highest BCUT2D eigenvalue weighted by Gasteiger charge is 2.04. The number of benzene rings is 7. The minimum Gasteiger partial charge on any atom is -0.355 e. The molecule has 0 aliphatic heterocycles. The van der Waals surface area contributed by atoms with Gasteiger partial charge in [0.05, 0.1) is 0 Å². The van der Waals surface area contributed by atoms with Gasteiger partial charge in [0.1, 0.15) is 0 Å². The lowest BCUT2D eigenvalue weighted by Crippen LogP contribution is -1.93. The third kappa shape index (κ3) is 13.3. The lowest BCUT2D eigenvalue weighted by Gasteiger charge is -2.11. The summed E-state index contributed by atoms with van der Waals surface area (Å²) < 4.78 is 0. The number of para-hydroxylation sites is 1. The second kappa shape index (κ2) is 21.6. The molecule has 1 atom stereocenters. The normalized spacial score (nSPS) is 10.7. The van der Waals surface area contributed by atoms with Crippen molar-refractivity contribution in [3.05, 3.63) is 199 Å². The molecule has 0 amide bonds. The molecule has 0 saturated heterocycles. The summed E-state index contributed by atoms with van der Waals surface area (Å²) in [6, 6.07) is 56.4. The monoisotopic (exact) mass is 710 g/mol. The Balaban J connectivity index is 0.000000170. The van der Waals surface area contributed by atoms with Crippen LogP contribution >= 0.6 is 0 Å². The van der Waals surface area contributed by atoms with Gasteiger partial charge >= 0.3 is 0 Å². The van der Waals surface area contributed by atoms with Crippen LogP contribution in [0.25, 0.3) is 27.1 Å². The van der Waals surface area contributed by atoms with Crippen molar-refractivity contribution in [2.24, 2.45) is 5.92 Å². The van der Waals surface area contributed by atoms with E-state index in [0.717, 1.165) is 34.2 Å². The molecule has 0 fully saturated rings. The maximum atomic E-state index is 3.88. The summed E-state index contributed by atoms with van der Waals surface area (Å²) >= 11 is 0. The van der Waals surface area contributed by atoms with Gasteiger partial charge in [0.2, 0.25) is 0 Å². The van der Waals surface area contributed by atoms with Crippen LogP contribution in [0, 0.1) is 19.8 Å². The number of hydrogen-bond acceptors (Lipinski definition) is 2. The lowest BCUT2D eigenvalue weighted by atomic mass is 9.99. The summed E-state index contributed by atoms with van der Waals surface area (Å²) in [5.41, 5.74) is 10.8. The second-order valence-electron chi connectivity index (χ2n) is 14.2. The van der Waals surface area contributed by atoms with E-state index >= 15 is 0 Å². The quantitative estimate of drug-likeness (QED) is 0.146. The highest BCUT2D eigenvalue weighted by Crippen LogP contribution is 2.29. The summed E-state index contributed by atoms with van der Waals surface area (Å²) in [4.78, 5) is 0. The molecule has 0 aliphatic carbocycles. The molecule has 54 heavy (non-hydrogen) atoms. The van der Waals surface area contributed by atoms with Crippen LogP contribution in [0.3, 0.4) is 0 Å². The van der Waals surface area contributed by atoms with Gasteiger partial charge in [0, 0.05) is 33.5 Å². The molecule has 0 spiro atoms. The Bertz CT molecular complexity index is 2180. The molecule has 0 saturated carbocycles. The lowest BCUT2D eigenvalue weighted by molar-refractivity contribution is 0.521. The van der Waals surface area contributed by atoms with Gasteiger partial charge in [-0.15, -0.1) is 6.58 Å². The van der Waals surface area contributed by atoms with E-state index in [1.165, 1.54) is 63.1 Å². The minimum absolute atomic E-state index is 0.840. The van der Waals surface area contributed by atoms with Gasteiger partial charge in [-0.05, 0) is 98.3 Å². The van der Waals surface area contributed by atoms with Gasteiger partial charge in [0.15, 0.2) is 0 Å². The largest absolute Gasteiger partial charge is 0.355 e. The van der Waals surface area contributed by atoms with Crippen LogP contribution in [-0.4, -0.2) is 0 Å². The van der Waals surface area contributed by atoms with Gasteiger partial charge in [-0.1, -0.05) is 177 Å². The fourth-order valence-corrected chi connectivity index (χ4v) is 6.27. The molecule has 0 radical (unpaired) electrons. The van der Waals surface area contributed by atoms with Crippen molar-refractivity contribution in [1.82, 2.24) is 0 Å². The third-order valence-electron chi connectivity index (χ3n) is 9.06. The third-order valence-corrected chi connectivity index (χ3v) is 9.06. The molecule has 2 nitrogen and oxygen atoms in total. The highest BCUT2D eigenvalue weighted by molar-refractivity contribution is 5.97. The van der Waals surface area contributed by atoms with E-state index < -0.39 is 0 Å². The van der Waals surface area contributed by atoms with Crippen LogP contribution in [0.15, 0.2) is 183 Å². The van der Waals surface area contributed by atoms with Gasteiger partial charge in [-0.25, -0.2) is 0 Å². The molecule has 2 heteroatoms. The van der Waals surface area contributed by atoms with E-state index in [-0.39, 0.29) is 0 Å². The molecule has 0 aliphatic rings. The molecule has 276 valence electrons. The predicted molar refractivity (Wildman–Crippen MR) is 241 cm³/mol. The van der Waals surface area contributed by atoms with Crippen molar-refractivity contribution in [3.8, 4) is 0 Å². The topological polar surface area (TPSA) is 24.1 Å². The average molecular weight is 711 g/mol. The summed E-state index contributed by atoms with van der Waals surface area (Å²) in [6.07, 6.45) is 3.84. The van der Waals surface area contributed by atoms with Gasteiger partial charge < -0.3 is 10.6 Å². The van der Waals surface area contributed by atoms with Crippen LogP contribution in [0.2, 0.25) is 0 Å². The number of nitrogens with one attached hydrogen (secondary N) is 2. The highest BCUT2D eigenvalue weighted by atomic mass is 14.9. The molecule has 7 rings (SSSR count). The number of fused-ring (bicyclic) bond motifs is 2. The molecule has 7 aromatic carbocycles. The Morgan fingerprint density at radius 1 is 0.537 bits per heavy atom. The van der Waals surface area contributed by atoms with Gasteiger partial charge in [0.25, 0.3) is 0 Å². The van der Waals surface area contributed by atoms with Crippen LogP contribution < -0.4 is 10.6 Å². The number of hydrogen-bond donors (Lipinski definition) is 2. The van der Waals surface area contributed by atoms with Crippen LogP contribution in [0.5, 0.6) is 0 Å². The van der Waals surface area contributed by atoms with E-state index in [1.807, 2.05) is 43.3 Å². The Morgan fingerprint density at radius 3 is 1.65 bits per heavy atom. The summed E-state index contributed by atoms with van der Waals surface area (Å²) in [5.74, 6) is 0.840. The fraction of sp³-hybridized carbons (Fsp3) is 0.192.